The van der Waals surface area contributed by atoms with Crippen LogP contribution in [0.4, 0.5) is 0 Å². The Hall–Kier alpha value is -2.20. The van der Waals surface area contributed by atoms with Gasteiger partial charge in [0.25, 0.3) is 5.91 Å². The van der Waals surface area contributed by atoms with Gasteiger partial charge in [0, 0.05) is 13.1 Å². The molecule has 0 unspecified atom stereocenters. The molecule has 0 bridgehead atoms. The lowest BCUT2D eigenvalue weighted by Gasteiger charge is -2.16. The molecule has 1 saturated heterocycles. The van der Waals surface area contributed by atoms with Gasteiger partial charge in [-0.1, -0.05) is 29.3 Å². The summed E-state index contributed by atoms with van der Waals surface area (Å²) in [6, 6.07) is 10.9. The van der Waals surface area contributed by atoms with Gasteiger partial charge in [-0.3, -0.25) is 4.79 Å². The van der Waals surface area contributed by atoms with E-state index in [1.165, 1.54) is 0 Å². The van der Waals surface area contributed by atoms with Crippen LogP contribution in [0.3, 0.4) is 0 Å². The first-order chi connectivity index (χ1) is 14.9. The number of rotatable bonds is 7. The standard InChI is InChI=1S/C23H21BrCl2N2O3/c1-2-30-21-12-16(9-17(13-27)23(29)28-7-3-4-8-28)10-18(24)22(21)31-14-15-5-6-19(25)20(26)11-15/h5-6,9-12H,2-4,7-8,14H2,1H3/b17-9+. The van der Waals surface area contributed by atoms with E-state index in [-0.39, 0.29) is 18.1 Å². The molecule has 162 valence electrons. The summed E-state index contributed by atoms with van der Waals surface area (Å²) in [6.45, 7) is 3.94. The van der Waals surface area contributed by atoms with Gasteiger partial charge in [0.15, 0.2) is 11.5 Å². The van der Waals surface area contributed by atoms with Gasteiger partial charge in [0.1, 0.15) is 18.2 Å². The number of carbonyl (C=O) groups excluding carboxylic acids is 1. The predicted molar refractivity (Wildman–Crippen MR) is 126 cm³/mol. The average molecular weight is 524 g/mol. The fourth-order valence-electron chi connectivity index (χ4n) is 3.26. The monoisotopic (exact) mass is 522 g/mol. The van der Waals surface area contributed by atoms with Crippen LogP contribution in [0.2, 0.25) is 10.0 Å². The normalized spacial score (nSPS) is 13.8. The summed E-state index contributed by atoms with van der Waals surface area (Å²) >= 11 is 15.6. The molecule has 2 aromatic rings. The maximum absolute atomic E-state index is 12.6. The van der Waals surface area contributed by atoms with Gasteiger partial charge in [0.05, 0.1) is 21.1 Å². The maximum Gasteiger partial charge on any atom is 0.264 e. The molecule has 1 aliphatic rings. The minimum Gasteiger partial charge on any atom is -0.490 e. The smallest absolute Gasteiger partial charge is 0.264 e. The van der Waals surface area contributed by atoms with Crippen LogP contribution in [-0.4, -0.2) is 30.5 Å². The number of halogens is 3. The van der Waals surface area contributed by atoms with Crippen molar-refractivity contribution in [1.29, 1.82) is 5.26 Å². The Morgan fingerprint density at radius 1 is 1.19 bits per heavy atom. The number of hydrogen-bond acceptors (Lipinski definition) is 4. The predicted octanol–water partition coefficient (Wildman–Crippen LogP) is 6.26. The number of nitrogens with zero attached hydrogens (tertiary/aromatic N) is 2. The van der Waals surface area contributed by atoms with Crippen LogP contribution in [-0.2, 0) is 11.4 Å². The quantitative estimate of drug-likeness (QED) is 0.317. The van der Waals surface area contributed by atoms with Gasteiger partial charge in [-0.2, -0.15) is 5.26 Å². The van der Waals surface area contributed by atoms with E-state index in [0.717, 1.165) is 18.4 Å². The highest BCUT2D eigenvalue weighted by molar-refractivity contribution is 9.10. The maximum atomic E-state index is 12.6. The third-order valence-electron chi connectivity index (χ3n) is 4.75. The van der Waals surface area contributed by atoms with Crippen molar-refractivity contribution < 1.29 is 14.3 Å². The lowest BCUT2D eigenvalue weighted by atomic mass is 10.1. The fourth-order valence-corrected chi connectivity index (χ4v) is 4.15. The van der Waals surface area contributed by atoms with Gasteiger partial charge >= 0.3 is 0 Å². The molecule has 0 N–H and O–H groups in total. The Bertz CT molecular complexity index is 1040. The highest BCUT2D eigenvalue weighted by Crippen LogP contribution is 2.38. The highest BCUT2D eigenvalue weighted by atomic mass is 79.9. The van der Waals surface area contributed by atoms with Crippen LogP contribution in [0.15, 0.2) is 40.4 Å². The molecule has 0 aliphatic carbocycles. The summed E-state index contributed by atoms with van der Waals surface area (Å²) in [7, 11) is 0. The van der Waals surface area contributed by atoms with Gasteiger partial charge in [0.2, 0.25) is 0 Å². The first-order valence-electron chi connectivity index (χ1n) is 9.87. The number of amides is 1. The minimum absolute atomic E-state index is 0.0979. The van der Waals surface area contributed by atoms with Gasteiger partial charge in [-0.25, -0.2) is 0 Å². The largest absolute Gasteiger partial charge is 0.490 e. The molecular weight excluding hydrogens is 503 g/mol. The van der Waals surface area contributed by atoms with Gasteiger partial charge in [-0.15, -0.1) is 0 Å². The van der Waals surface area contributed by atoms with Crippen molar-refractivity contribution in [3.05, 3.63) is 61.5 Å². The molecule has 31 heavy (non-hydrogen) atoms. The van der Waals surface area contributed by atoms with Crippen molar-refractivity contribution >= 4 is 51.1 Å². The number of likely N-dealkylation sites (tertiary alicyclic amines) is 1. The third kappa shape index (κ3) is 5.94. The van der Waals surface area contributed by atoms with E-state index < -0.39 is 0 Å². The second-order valence-corrected chi connectivity index (χ2v) is 8.64. The fraction of sp³-hybridized carbons (Fsp3) is 0.304. The van der Waals surface area contributed by atoms with E-state index in [2.05, 4.69) is 15.9 Å². The zero-order chi connectivity index (χ0) is 22.4. The van der Waals surface area contributed by atoms with Crippen molar-refractivity contribution in [2.45, 2.75) is 26.4 Å². The summed E-state index contributed by atoms with van der Waals surface area (Å²) in [5, 5.41) is 10.5. The van der Waals surface area contributed by atoms with Gasteiger partial charge in [-0.05, 0) is 77.2 Å². The van der Waals surface area contributed by atoms with E-state index in [0.29, 0.717) is 51.3 Å². The van der Waals surface area contributed by atoms with Crippen LogP contribution < -0.4 is 9.47 Å². The number of nitriles is 1. The summed E-state index contributed by atoms with van der Waals surface area (Å²) in [6.07, 6.45) is 3.52. The third-order valence-corrected chi connectivity index (χ3v) is 6.08. The SMILES string of the molecule is CCOc1cc(/C=C(\C#N)C(=O)N2CCCC2)cc(Br)c1OCc1ccc(Cl)c(Cl)c1. The Morgan fingerprint density at radius 2 is 1.94 bits per heavy atom. The van der Waals surface area contributed by atoms with Crippen LogP contribution >= 0.6 is 39.1 Å². The Kier molecular flexibility index (Phi) is 8.25. The first-order valence-corrected chi connectivity index (χ1v) is 11.4. The summed E-state index contributed by atoms with van der Waals surface area (Å²) in [5.74, 6) is 0.789. The van der Waals surface area contributed by atoms with Crippen molar-refractivity contribution in [1.82, 2.24) is 4.90 Å². The second-order valence-electron chi connectivity index (χ2n) is 6.97. The Morgan fingerprint density at radius 3 is 2.58 bits per heavy atom. The molecule has 2 aromatic carbocycles. The summed E-state index contributed by atoms with van der Waals surface area (Å²) < 4.78 is 12.4. The van der Waals surface area contributed by atoms with E-state index in [9.17, 15) is 10.1 Å². The van der Waals surface area contributed by atoms with E-state index in [4.69, 9.17) is 32.7 Å². The van der Waals surface area contributed by atoms with Crippen molar-refractivity contribution in [3.8, 4) is 17.6 Å². The average Bonchev–Trinajstić information content (AvgIpc) is 3.28. The van der Waals surface area contributed by atoms with Crippen LogP contribution in [0.1, 0.15) is 30.9 Å². The van der Waals surface area contributed by atoms with Crippen LogP contribution in [0, 0.1) is 11.3 Å². The molecule has 0 radical (unpaired) electrons. The number of carbonyl (C=O) groups is 1. The molecule has 5 nitrogen and oxygen atoms in total. The topological polar surface area (TPSA) is 62.6 Å². The number of hydrogen-bond donors (Lipinski definition) is 0. The first kappa shape index (κ1) is 23.5. The molecule has 8 heteroatoms. The highest BCUT2D eigenvalue weighted by Gasteiger charge is 2.22. The lowest BCUT2D eigenvalue weighted by molar-refractivity contribution is -0.125. The molecule has 0 aromatic heterocycles. The van der Waals surface area contributed by atoms with Crippen molar-refractivity contribution in [2.24, 2.45) is 0 Å². The summed E-state index contributed by atoms with van der Waals surface area (Å²) in [5.41, 5.74) is 1.62. The zero-order valence-electron chi connectivity index (χ0n) is 17.0. The van der Waals surface area contributed by atoms with E-state index >= 15 is 0 Å². The molecule has 1 fully saturated rings. The van der Waals surface area contributed by atoms with Gasteiger partial charge < -0.3 is 14.4 Å². The van der Waals surface area contributed by atoms with Crippen molar-refractivity contribution in [2.75, 3.05) is 19.7 Å². The molecule has 1 aliphatic heterocycles. The number of ether oxygens (including phenoxy) is 2. The molecule has 3 rings (SSSR count). The second kappa shape index (κ2) is 10.9. The molecule has 1 amide bonds. The molecular formula is C23H21BrCl2N2O3. The van der Waals surface area contributed by atoms with Crippen LogP contribution in [0.25, 0.3) is 6.08 Å². The van der Waals surface area contributed by atoms with E-state index in [1.807, 2.05) is 19.1 Å². The van der Waals surface area contributed by atoms with E-state index in [1.54, 1.807) is 35.2 Å². The number of benzene rings is 2. The van der Waals surface area contributed by atoms with Crippen LogP contribution in [0.5, 0.6) is 11.5 Å². The lowest BCUT2D eigenvalue weighted by Crippen LogP contribution is -2.28. The minimum atomic E-state index is -0.242. The zero-order valence-corrected chi connectivity index (χ0v) is 20.1. The molecule has 0 atom stereocenters. The Labute approximate surface area is 200 Å². The molecule has 0 saturated carbocycles. The summed E-state index contributed by atoms with van der Waals surface area (Å²) in [4.78, 5) is 14.3. The molecule has 1 heterocycles. The molecule has 0 spiro atoms. The van der Waals surface area contributed by atoms with Crippen molar-refractivity contribution in [3.63, 3.8) is 0 Å². The Balaban J connectivity index is 1.86.